The zero-order chi connectivity index (χ0) is 14.4. The van der Waals surface area contributed by atoms with Crippen molar-refractivity contribution in [1.82, 2.24) is 5.32 Å². The van der Waals surface area contributed by atoms with Crippen LogP contribution >= 0.6 is 11.6 Å². The minimum atomic E-state index is 0.280. The summed E-state index contributed by atoms with van der Waals surface area (Å²) in [5.74, 6) is 3.58. The monoisotopic (exact) mass is 299 g/mol. The molecule has 0 heterocycles. The fourth-order valence-electron chi connectivity index (χ4n) is 4.11. The second-order valence-corrected chi connectivity index (χ2v) is 7.19. The Labute approximate surface area is 129 Å². The number of fused-ring (bicyclic) bond motifs is 1. The maximum Gasteiger partial charge on any atom is 0.223 e. The van der Waals surface area contributed by atoms with Gasteiger partial charge in [0.05, 0.1) is 0 Å². The van der Waals surface area contributed by atoms with Crippen LogP contribution in [0.1, 0.15) is 64.7 Å². The normalized spacial score (nSPS) is 31.4. The van der Waals surface area contributed by atoms with Gasteiger partial charge in [-0.25, -0.2) is 0 Å². The summed E-state index contributed by atoms with van der Waals surface area (Å²) in [4.78, 5) is 12.4. The zero-order valence-corrected chi connectivity index (χ0v) is 13.6. The van der Waals surface area contributed by atoms with Crippen molar-refractivity contribution in [3.8, 4) is 0 Å². The third-order valence-electron chi connectivity index (χ3n) is 5.57. The quantitative estimate of drug-likeness (QED) is 0.725. The number of nitrogens with one attached hydrogen (secondary N) is 1. The molecule has 2 saturated carbocycles. The van der Waals surface area contributed by atoms with Crippen LogP contribution in [-0.4, -0.2) is 18.3 Å². The first-order chi connectivity index (χ1) is 9.74. The minimum absolute atomic E-state index is 0.280. The van der Waals surface area contributed by atoms with E-state index in [1.54, 1.807) is 0 Å². The number of halogens is 1. The highest BCUT2D eigenvalue weighted by atomic mass is 35.5. The summed E-state index contributed by atoms with van der Waals surface area (Å²) in [6.45, 7) is 2.99. The molecule has 0 aromatic heterocycles. The second-order valence-electron chi connectivity index (χ2n) is 6.81. The van der Waals surface area contributed by atoms with Crippen molar-refractivity contribution in [2.75, 3.05) is 12.4 Å². The van der Waals surface area contributed by atoms with Gasteiger partial charge in [0.15, 0.2) is 0 Å². The lowest BCUT2D eigenvalue weighted by atomic mass is 9.67. The van der Waals surface area contributed by atoms with E-state index < -0.39 is 0 Å². The standard InChI is InChI=1S/C17H30ClNO/c1-2-13(9-10-18)12-19-17(20)16-8-7-14-5-3-4-6-15(14)11-16/h13-16H,2-12H2,1H3,(H,19,20). The van der Waals surface area contributed by atoms with E-state index in [4.69, 9.17) is 11.6 Å². The molecule has 3 heteroatoms. The van der Waals surface area contributed by atoms with Crippen LogP contribution in [0.2, 0.25) is 0 Å². The summed E-state index contributed by atoms with van der Waals surface area (Å²) >= 11 is 5.80. The van der Waals surface area contributed by atoms with Gasteiger partial charge in [-0.15, -0.1) is 11.6 Å². The van der Waals surface area contributed by atoms with E-state index in [2.05, 4.69) is 12.2 Å². The Bertz CT molecular complexity index is 307. The Kier molecular flexibility index (Phi) is 6.67. The molecule has 20 heavy (non-hydrogen) atoms. The molecule has 2 fully saturated rings. The van der Waals surface area contributed by atoms with Crippen molar-refractivity contribution >= 4 is 17.5 Å². The fourth-order valence-corrected chi connectivity index (χ4v) is 4.41. The molecule has 4 unspecified atom stereocenters. The number of hydrogen-bond acceptors (Lipinski definition) is 1. The van der Waals surface area contributed by atoms with Crippen LogP contribution in [0.3, 0.4) is 0 Å². The Balaban J connectivity index is 1.75. The molecular weight excluding hydrogens is 270 g/mol. The molecule has 2 rings (SSSR count). The SMILES string of the molecule is CCC(CCCl)CNC(=O)C1CCC2CCCCC2C1. The molecule has 2 aliphatic carbocycles. The molecule has 2 nitrogen and oxygen atoms in total. The maximum absolute atomic E-state index is 12.4. The van der Waals surface area contributed by atoms with Crippen molar-refractivity contribution in [3.63, 3.8) is 0 Å². The van der Waals surface area contributed by atoms with Gasteiger partial charge in [0.1, 0.15) is 0 Å². The molecule has 4 atom stereocenters. The Morgan fingerprint density at radius 1 is 1.20 bits per heavy atom. The van der Waals surface area contributed by atoms with E-state index in [0.29, 0.717) is 17.7 Å². The predicted octanol–water partition coefficient (Wildman–Crippen LogP) is 4.36. The molecular formula is C17H30ClNO. The van der Waals surface area contributed by atoms with Gasteiger partial charge in [-0.05, 0) is 43.4 Å². The first kappa shape index (κ1) is 16.1. The molecule has 0 aliphatic heterocycles. The molecule has 0 spiro atoms. The number of hydrogen-bond donors (Lipinski definition) is 1. The first-order valence-corrected chi connectivity index (χ1v) is 9.11. The van der Waals surface area contributed by atoms with Crippen LogP contribution in [-0.2, 0) is 4.79 Å². The number of alkyl halides is 1. The number of carbonyl (C=O) groups is 1. The second kappa shape index (κ2) is 8.26. The molecule has 0 radical (unpaired) electrons. The van der Waals surface area contributed by atoms with Crippen molar-refractivity contribution in [3.05, 3.63) is 0 Å². The van der Waals surface area contributed by atoms with E-state index in [-0.39, 0.29) is 5.92 Å². The van der Waals surface area contributed by atoms with Gasteiger partial charge in [0, 0.05) is 18.3 Å². The summed E-state index contributed by atoms with van der Waals surface area (Å²) in [5.41, 5.74) is 0. The molecule has 0 aromatic rings. The lowest BCUT2D eigenvalue weighted by molar-refractivity contribution is -0.127. The van der Waals surface area contributed by atoms with Gasteiger partial charge >= 0.3 is 0 Å². The topological polar surface area (TPSA) is 29.1 Å². The van der Waals surface area contributed by atoms with E-state index >= 15 is 0 Å². The summed E-state index contributed by atoms with van der Waals surface area (Å²) < 4.78 is 0. The highest BCUT2D eigenvalue weighted by Gasteiger charge is 2.34. The fraction of sp³-hybridized carbons (Fsp3) is 0.941. The average molecular weight is 300 g/mol. The van der Waals surface area contributed by atoms with Gasteiger partial charge in [0.25, 0.3) is 0 Å². The number of amides is 1. The summed E-state index contributed by atoms with van der Waals surface area (Å²) in [6, 6.07) is 0. The third-order valence-corrected chi connectivity index (χ3v) is 5.79. The Morgan fingerprint density at radius 2 is 1.95 bits per heavy atom. The summed E-state index contributed by atoms with van der Waals surface area (Å²) in [7, 11) is 0. The van der Waals surface area contributed by atoms with Crippen molar-refractivity contribution < 1.29 is 4.79 Å². The predicted molar refractivity (Wildman–Crippen MR) is 84.9 cm³/mol. The molecule has 0 aromatic carbocycles. The number of carbonyl (C=O) groups excluding carboxylic acids is 1. The van der Waals surface area contributed by atoms with E-state index in [1.807, 2.05) is 0 Å². The molecule has 1 amide bonds. The highest BCUT2D eigenvalue weighted by molar-refractivity contribution is 6.17. The number of rotatable bonds is 6. The van der Waals surface area contributed by atoms with Gasteiger partial charge in [-0.1, -0.05) is 39.0 Å². The lowest BCUT2D eigenvalue weighted by Gasteiger charge is -2.38. The van der Waals surface area contributed by atoms with Crippen molar-refractivity contribution in [2.24, 2.45) is 23.7 Å². The summed E-state index contributed by atoms with van der Waals surface area (Å²) in [5, 5.41) is 3.19. The maximum atomic E-state index is 12.4. The van der Waals surface area contributed by atoms with Crippen LogP contribution in [0.15, 0.2) is 0 Å². The molecule has 0 bridgehead atoms. The Morgan fingerprint density at radius 3 is 2.65 bits per heavy atom. The lowest BCUT2D eigenvalue weighted by Crippen LogP contribution is -2.39. The van der Waals surface area contributed by atoms with Gasteiger partial charge < -0.3 is 5.32 Å². The van der Waals surface area contributed by atoms with Gasteiger partial charge in [-0.2, -0.15) is 0 Å². The Hall–Kier alpha value is -0.240. The molecule has 116 valence electrons. The third kappa shape index (κ3) is 4.38. The average Bonchev–Trinajstić information content (AvgIpc) is 2.50. The van der Waals surface area contributed by atoms with Crippen molar-refractivity contribution in [2.45, 2.75) is 64.7 Å². The largest absolute Gasteiger partial charge is 0.356 e. The molecule has 2 aliphatic rings. The van der Waals surface area contributed by atoms with Crippen LogP contribution in [0, 0.1) is 23.7 Å². The van der Waals surface area contributed by atoms with Gasteiger partial charge in [-0.3, -0.25) is 4.79 Å². The van der Waals surface area contributed by atoms with Crippen molar-refractivity contribution in [1.29, 1.82) is 0 Å². The minimum Gasteiger partial charge on any atom is -0.356 e. The molecule has 1 N–H and O–H groups in total. The van der Waals surface area contributed by atoms with E-state index in [1.165, 1.54) is 32.1 Å². The van der Waals surface area contributed by atoms with E-state index in [9.17, 15) is 4.79 Å². The van der Waals surface area contributed by atoms with Crippen LogP contribution < -0.4 is 5.32 Å². The first-order valence-electron chi connectivity index (χ1n) is 8.58. The van der Waals surface area contributed by atoms with Crippen LogP contribution in [0.4, 0.5) is 0 Å². The smallest absolute Gasteiger partial charge is 0.223 e. The van der Waals surface area contributed by atoms with Crippen LogP contribution in [0.5, 0.6) is 0 Å². The van der Waals surface area contributed by atoms with Crippen LogP contribution in [0.25, 0.3) is 0 Å². The van der Waals surface area contributed by atoms with Gasteiger partial charge in [0.2, 0.25) is 5.91 Å². The zero-order valence-electron chi connectivity index (χ0n) is 12.9. The summed E-state index contributed by atoms with van der Waals surface area (Å²) in [6.07, 6.45) is 11.2. The van der Waals surface area contributed by atoms with E-state index in [0.717, 1.165) is 44.1 Å². The molecule has 0 saturated heterocycles. The highest BCUT2D eigenvalue weighted by Crippen LogP contribution is 2.42.